The summed E-state index contributed by atoms with van der Waals surface area (Å²) >= 11 is 0. The molecule has 4 aliphatic heterocycles. The molecule has 4 aliphatic rings. The van der Waals surface area contributed by atoms with Gasteiger partial charge in [0.25, 0.3) is 0 Å². The Morgan fingerprint density at radius 3 is 2.42 bits per heavy atom. The first-order valence-corrected chi connectivity index (χ1v) is 19.3. The average molecular weight is 739 g/mol. The minimum absolute atomic E-state index is 0.00818. The third-order valence-electron chi connectivity index (χ3n) is 10.6. The molecule has 0 radical (unpaired) electrons. The fourth-order valence-electron chi connectivity index (χ4n) is 7.51. The Kier molecular flexibility index (Phi) is 16.1. The number of methoxy groups -OCH3 is 1. The molecule has 13 heteroatoms. The van der Waals surface area contributed by atoms with Gasteiger partial charge in [0.05, 0.1) is 56.8 Å². The zero-order valence-corrected chi connectivity index (χ0v) is 31.7. The normalized spacial score (nSPS) is 36.5. The van der Waals surface area contributed by atoms with Crippen LogP contribution in [-0.2, 0) is 47.5 Å². The Labute approximate surface area is 308 Å². The van der Waals surface area contributed by atoms with E-state index in [-0.39, 0.29) is 56.0 Å². The van der Waals surface area contributed by atoms with E-state index in [0.717, 1.165) is 44.9 Å². The zero-order valence-electron chi connectivity index (χ0n) is 31.7. The van der Waals surface area contributed by atoms with Crippen molar-refractivity contribution in [2.45, 2.75) is 185 Å². The van der Waals surface area contributed by atoms with Crippen LogP contribution in [0.5, 0.6) is 0 Å². The number of aliphatic hydroxyl groups excluding tert-OH is 2. The van der Waals surface area contributed by atoms with Gasteiger partial charge < -0.3 is 48.5 Å². The highest BCUT2D eigenvalue weighted by molar-refractivity contribution is 5.83. The smallest absolute Gasteiger partial charge is 0.330 e. The first kappa shape index (κ1) is 42.4. The molecule has 52 heavy (non-hydrogen) atoms. The summed E-state index contributed by atoms with van der Waals surface area (Å²) in [5, 5.41) is 34.3. The van der Waals surface area contributed by atoms with Crippen LogP contribution in [0.1, 0.15) is 124 Å². The molecule has 4 heterocycles. The summed E-state index contributed by atoms with van der Waals surface area (Å²) in [7, 11) is 1.22. The van der Waals surface area contributed by atoms with E-state index in [4.69, 9.17) is 33.2 Å². The van der Waals surface area contributed by atoms with E-state index in [9.17, 15) is 29.7 Å². The quantitative estimate of drug-likeness (QED) is 0.0976. The lowest BCUT2D eigenvalue weighted by Crippen LogP contribution is -2.62. The minimum Gasteiger partial charge on any atom is -0.466 e. The van der Waals surface area contributed by atoms with Crippen molar-refractivity contribution in [3.63, 3.8) is 0 Å². The standard InChI is InChI=1S/C39H62O13/c1-6-7-8-9-10-14-33(42)51-37-26(20-34(43)46-5)19-31-24-32(25(2)40)50-35(44)22-27(41)21-28-12-11-13-29(48-28)23-30-16-18-47-36(49-30)15-17-38(3,4)39(37,45)52-31/h15,17,20,25,27-32,36-37,40-41,45H,6-14,16,18-19,21-24H2,1-5H3/b17-15-,26-20+/t25-,27-,28+,29?,30+,31?,32-,36+,37+,39-/m1/s1. The highest BCUT2D eigenvalue weighted by atomic mass is 16.7. The van der Waals surface area contributed by atoms with Gasteiger partial charge in [-0.05, 0) is 63.5 Å². The van der Waals surface area contributed by atoms with Gasteiger partial charge in [0, 0.05) is 30.8 Å². The van der Waals surface area contributed by atoms with Crippen LogP contribution < -0.4 is 0 Å². The Bertz CT molecular complexity index is 1230. The van der Waals surface area contributed by atoms with Gasteiger partial charge in [0.2, 0.25) is 5.79 Å². The van der Waals surface area contributed by atoms with E-state index < -0.39 is 65.9 Å². The lowest BCUT2D eigenvalue weighted by Gasteiger charge is -2.51. The van der Waals surface area contributed by atoms with E-state index in [1.54, 1.807) is 26.0 Å². The van der Waals surface area contributed by atoms with Crippen LogP contribution in [-0.4, -0.2) is 108 Å². The topological polar surface area (TPSA) is 177 Å². The van der Waals surface area contributed by atoms with Crippen LogP contribution in [0.4, 0.5) is 0 Å². The van der Waals surface area contributed by atoms with Crippen molar-refractivity contribution in [3.05, 3.63) is 23.8 Å². The van der Waals surface area contributed by atoms with Crippen molar-refractivity contribution in [3.8, 4) is 0 Å². The molecule has 0 spiro atoms. The van der Waals surface area contributed by atoms with E-state index >= 15 is 0 Å². The first-order valence-electron chi connectivity index (χ1n) is 19.3. The van der Waals surface area contributed by atoms with Crippen molar-refractivity contribution in [2.24, 2.45) is 5.41 Å². The summed E-state index contributed by atoms with van der Waals surface area (Å²) in [5.74, 6) is -4.23. The summed E-state index contributed by atoms with van der Waals surface area (Å²) in [6.07, 6.45) is 6.24. The highest BCUT2D eigenvalue weighted by Gasteiger charge is 2.57. The maximum Gasteiger partial charge on any atom is 0.330 e. The predicted octanol–water partition coefficient (Wildman–Crippen LogP) is 4.71. The molecule has 6 bridgehead atoms. The summed E-state index contributed by atoms with van der Waals surface area (Å²) in [6, 6.07) is 0. The van der Waals surface area contributed by atoms with E-state index in [1.165, 1.54) is 20.1 Å². The number of cyclic esters (lactones) is 1. The van der Waals surface area contributed by atoms with Crippen LogP contribution in [0, 0.1) is 5.41 Å². The molecular formula is C39H62O13. The van der Waals surface area contributed by atoms with Crippen LogP contribution in [0.15, 0.2) is 23.8 Å². The van der Waals surface area contributed by atoms with E-state index in [0.29, 0.717) is 25.9 Å². The van der Waals surface area contributed by atoms with E-state index in [1.807, 2.05) is 0 Å². The van der Waals surface area contributed by atoms with E-state index in [2.05, 4.69) is 6.92 Å². The highest BCUT2D eigenvalue weighted by Crippen LogP contribution is 2.47. The van der Waals surface area contributed by atoms with Gasteiger partial charge in [0.1, 0.15) is 6.10 Å². The number of ether oxygens (including phenoxy) is 7. The molecule has 0 aromatic rings. The molecule has 3 N–H and O–H groups in total. The lowest BCUT2D eigenvalue weighted by molar-refractivity contribution is -0.327. The van der Waals surface area contributed by atoms with Crippen molar-refractivity contribution >= 4 is 17.9 Å². The van der Waals surface area contributed by atoms with Gasteiger partial charge in [-0.15, -0.1) is 0 Å². The van der Waals surface area contributed by atoms with Crippen molar-refractivity contribution in [1.82, 2.24) is 0 Å². The monoisotopic (exact) mass is 738 g/mol. The molecule has 0 aromatic carbocycles. The van der Waals surface area contributed by atoms with Crippen molar-refractivity contribution in [2.75, 3.05) is 13.7 Å². The number of carbonyl (C=O) groups is 3. The third-order valence-corrected chi connectivity index (χ3v) is 10.6. The second-order valence-electron chi connectivity index (χ2n) is 15.4. The molecule has 0 amide bonds. The van der Waals surface area contributed by atoms with Crippen LogP contribution in [0.25, 0.3) is 0 Å². The van der Waals surface area contributed by atoms with Gasteiger partial charge in [-0.2, -0.15) is 0 Å². The van der Waals surface area contributed by atoms with Gasteiger partial charge in [-0.25, -0.2) is 4.79 Å². The molecule has 0 aliphatic carbocycles. The minimum atomic E-state index is -2.26. The molecule has 3 fully saturated rings. The number of hydrogen-bond donors (Lipinski definition) is 3. The number of carbonyl (C=O) groups excluding carboxylic acids is 3. The van der Waals surface area contributed by atoms with Gasteiger partial charge in [0.15, 0.2) is 12.4 Å². The predicted molar refractivity (Wildman–Crippen MR) is 188 cm³/mol. The van der Waals surface area contributed by atoms with Crippen LogP contribution in [0.3, 0.4) is 0 Å². The SMILES string of the molecule is CCCCCCCC(=O)O[C@H]1/C(=C/C(=O)OC)CC2C[C@H]([C@@H](C)O)OC(=O)C[C@H](O)C[C@@H]3CCCC(C[C@@H]4CCO[C@H](/C=C\C(C)(C)[C@]1(O)O2)O4)O3. The van der Waals surface area contributed by atoms with Gasteiger partial charge >= 0.3 is 17.9 Å². The number of rotatable bonds is 9. The Morgan fingerprint density at radius 2 is 1.71 bits per heavy atom. The Morgan fingerprint density at radius 1 is 1.00 bits per heavy atom. The van der Waals surface area contributed by atoms with Crippen LogP contribution >= 0.6 is 0 Å². The third kappa shape index (κ3) is 12.1. The molecule has 3 saturated heterocycles. The molecular weight excluding hydrogens is 676 g/mol. The zero-order chi connectivity index (χ0) is 37.9. The molecule has 0 saturated carbocycles. The summed E-state index contributed by atoms with van der Waals surface area (Å²) < 4.78 is 41.7. The number of unbranched alkanes of at least 4 members (excludes halogenated alkanes) is 4. The molecule has 13 nitrogen and oxygen atoms in total. The number of aliphatic hydroxyl groups is 3. The average Bonchev–Trinajstić information content (AvgIpc) is 3.08. The van der Waals surface area contributed by atoms with Crippen LogP contribution in [0.2, 0.25) is 0 Å². The number of fused-ring (bicyclic) bond motifs is 6. The Hall–Kier alpha value is -2.39. The molecule has 296 valence electrons. The number of esters is 3. The van der Waals surface area contributed by atoms with Gasteiger partial charge in [-0.1, -0.05) is 52.5 Å². The fraction of sp³-hybridized carbons (Fsp3) is 0.821. The lowest BCUT2D eigenvalue weighted by atomic mass is 9.74. The summed E-state index contributed by atoms with van der Waals surface area (Å²) in [4.78, 5) is 39.1. The Balaban J connectivity index is 1.70. The fourth-order valence-corrected chi connectivity index (χ4v) is 7.51. The largest absolute Gasteiger partial charge is 0.466 e. The van der Waals surface area contributed by atoms with Gasteiger partial charge in [-0.3, -0.25) is 9.59 Å². The second-order valence-corrected chi connectivity index (χ2v) is 15.4. The molecule has 2 unspecified atom stereocenters. The summed E-state index contributed by atoms with van der Waals surface area (Å²) in [5.41, 5.74) is -1.05. The molecule has 0 aromatic heterocycles. The first-order chi connectivity index (χ1) is 24.7. The van der Waals surface area contributed by atoms with Crippen molar-refractivity contribution in [1.29, 1.82) is 0 Å². The maximum atomic E-state index is 13.3. The second kappa shape index (κ2) is 19.8. The molecule has 4 rings (SSSR count). The van der Waals surface area contributed by atoms with Crippen molar-refractivity contribution < 1.29 is 62.9 Å². The maximum absolute atomic E-state index is 13.3. The number of hydrogen-bond acceptors (Lipinski definition) is 13. The summed E-state index contributed by atoms with van der Waals surface area (Å²) in [6.45, 7) is 7.45. The molecule has 10 atom stereocenters.